The normalized spacial score (nSPS) is 21.1. The molecular weight excluding hydrogens is 460 g/mol. The predicted molar refractivity (Wildman–Crippen MR) is 148 cm³/mol. The highest BCUT2D eigenvalue weighted by molar-refractivity contribution is 6.43. The predicted octanol–water partition coefficient (Wildman–Crippen LogP) is 5.08. The number of hydrogen-bond acceptors (Lipinski definition) is 4. The molecule has 1 atom stereocenters. The minimum absolute atomic E-state index is 0. The number of amides is 1. The molecule has 2 aliphatic rings. The smallest absolute Gasteiger partial charge is 0.253 e. The fourth-order valence-electron chi connectivity index (χ4n) is 5.55. The lowest BCUT2D eigenvalue weighted by Crippen LogP contribution is -2.56. The zero-order valence-electron chi connectivity index (χ0n) is 20.2. The monoisotopic (exact) mass is 498 g/mol. The van der Waals surface area contributed by atoms with Gasteiger partial charge in [0.05, 0.1) is 16.1 Å². The van der Waals surface area contributed by atoms with E-state index in [2.05, 4.69) is 33.7 Å². The van der Waals surface area contributed by atoms with Crippen LogP contribution in [0.2, 0.25) is 5.02 Å². The SMILES string of the molecule is C.C=CN=C(C(N)=NC)n1cc(C(=O)NCC2(N3CC[C@@H](C)C3)CCCCC2)c2c(Cl)cccc21. The van der Waals surface area contributed by atoms with Crippen LogP contribution in [0.15, 0.2) is 47.2 Å². The van der Waals surface area contributed by atoms with E-state index in [0.29, 0.717) is 34.3 Å². The van der Waals surface area contributed by atoms with Crippen molar-refractivity contribution in [3.63, 3.8) is 0 Å². The van der Waals surface area contributed by atoms with Crippen LogP contribution in [-0.2, 0) is 0 Å². The number of amidine groups is 1. The summed E-state index contributed by atoms with van der Waals surface area (Å²) in [7, 11) is 1.60. The Morgan fingerprint density at radius 1 is 1.34 bits per heavy atom. The Morgan fingerprint density at radius 2 is 2.09 bits per heavy atom. The number of carbonyl (C=O) groups excluding carboxylic acids is 1. The van der Waals surface area contributed by atoms with Crippen molar-refractivity contribution >= 4 is 40.1 Å². The van der Waals surface area contributed by atoms with E-state index in [9.17, 15) is 4.79 Å². The minimum Gasteiger partial charge on any atom is -0.381 e. The Kier molecular flexibility index (Phi) is 8.78. The number of aromatic nitrogens is 1. The number of aliphatic imine (C=N–C) groups is 2. The van der Waals surface area contributed by atoms with Crippen LogP contribution in [0.4, 0.5) is 0 Å². The molecule has 0 radical (unpaired) electrons. The third kappa shape index (κ3) is 5.31. The van der Waals surface area contributed by atoms with Gasteiger partial charge in [0.25, 0.3) is 5.91 Å². The third-order valence-corrected chi connectivity index (χ3v) is 7.71. The molecule has 1 amide bonds. The lowest BCUT2D eigenvalue weighted by Gasteiger charge is -2.45. The molecule has 1 saturated carbocycles. The van der Waals surface area contributed by atoms with E-state index < -0.39 is 0 Å². The number of benzene rings is 1. The zero-order valence-corrected chi connectivity index (χ0v) is 20.9. The highest BCUT2D eigenvalue weighted by Crippen LogP contribution is 2.37. The number of fused-ring (bicyclic) bond motifs is 1. The molecule has 1 aromatic carbocycles. The Bertz CT molecular complexity index is 1130. The van der Waals surface area contributed by atoms with E-state index >= 15 is 0 Å². The second kappa shape index (κ2) is 11.4. The average Bonchev–Trinajstić information content (AvgIpc) is 3.46. The van der Waals surface area contributed by atoms with Gasteiger partial charge in [0.2, 0.25) is 0 Å². The fourth-order valence-corrected chi connectivity index (χ4v) is 5.82. The summed E-state index contributed by atoms with van der Waals surface area (Å²) in [5.74, 6) is 1.21. The van der Waals surface area contributed by atoms with E-state index in [4.69, 9.17) is 17.3 Å². The van der Waals surface area contributed by atoms with Crippen molar-refractivity contribution in [3.8, 4) is 0 Å². The van der Waals surface area contributed by atoms with E-state index in [1.54, 1.807) is 23.9 Å². The number of rotatable bonds is 5. The maximum Gasteiger partial charge on any atom is 0.253 e. The maximum atomic E-state index is 13.6. The molecule has 35 heavy (non-hydrogen) atoms. The first-order chi connectivity index (χ1) is 16.4. The summed E-state index contributed by atoms with van der Waals surface area (Å²) in [4.78, 5) is 24.6. The lowest BCUT2D eigenvalue weighted by atomic mass is 9.80. The van der Waals surface area contributed by atoms with Gasteiger partial charge in [-0.25, -0.2) is 4.99 Å². The van der Waals surface area contributed by atoms with Gasteiger partial charge in [-0.15, -0.1) is 0 Å². The number of halogens is 1. The van der Waals surface area contributed by atoms with Crippen LogP contribution < -0.4 is 11.1 Å². The standard InChI is InChI=1S/C26H35ClN6O.CH4/c1-4-30-24(23(28)29-3)33-16-19(22-20(27)9-8-10-21(22)33)25(34)31-17-26(12-6-5-7-13-26)32-14-11-18(2)15-32;/h4,8-10,16,18H,1,5-7,11-15,17H2,2-3H3,(H2,28,29)(H,31,34);1H4/t18-;/m1./s1. The van der Waals surface area contributed by atoms with Crippen molar-refractivity contribution in [3.05, 3.63) is 47.8 Å². The number of likely N-dealkylation sites (tertiary alicyclic amines) is 1. The van der Waals surface area contributed by atoms with Crippen molar-refractivity contribution in [1.29, 1.82) is 0 Å². The lowest BCUT2D eigenvalue weighted by molar-refractivity contribution is 0.0631. The maximum absolute atomic E-state index is 13.6. The molecule has 8 heteroatoms. The van der Waals surface area contributed by atoms with Gasteiger partial charge in [-0.3, -0.25) is 19.3 Å². The van der Waals surface area contributed by atoms with Gasteiger partial charge >= 0.3 is 0 Å². The summed E-state index contributed by atoms with van der Waals surface area (Å²) in [5.41, 5.74) is 7.40. The van der Waals surface area contributed by atoms with Crippen molar-refractivity contribution in [1.82, 2.24) is 14.8 Å². The van der Waals surface area contributed by atoms with Crippen molar-refractivity contribution in [2.75, 3.05) is 26.7 Å². The zero-order chi connectivity index (χ0) is 24.3. The van der Waals surface area contributed by atoms with Gasteiger partial charge in [0.15, 0.2) is 11.7 Å². The molecule has 0 unspecified atom stereocenters. The third-order valence-electron chi connectivity index (χ3n) is 7.39. The molecule has 0 spiro atoms. The van der Waals surface area contributed by atoms with Crippen molar-refractivity contribution in [2.24, 2.45) is 21.6 Å². The van der Waals surface area contributed by atoms with Crippen LogP contribution in [0.5, 0.6) is 0 Å². The molecule has 7 nitrogen and oxygen atoms in total. The minimum atomic E-state index is -0.140. The summed E-state index contributed by atoms with van der Waals surface area (Å²) in [6.45, 7) is 8.87. The Balaban J connectivity index is 0.00000342. The first kappa shape index (κ1) is 27.0. The molecule has 2 aromatic rings. The van der Waals surface area contributed by atoms with Crippen LogP contribution in [0, 0.1) is 5.92 Å². The molecule has 1 aromatic heterocycles. The van der Waals surface area contributed by atoms with E-state index in [1.165, 1.54) is 31.9 Å². The molecule has 4 rings (SSSR count). The topological polar surface area (TPSA) is 88.0 Å². The van der Waals surface area contributed by atoms with E-state index in [-0.39, 0.29) is 24.7 Å². The van der Waals surface area contributed by atoms with Gasteiger partial charge in [-0.1, -0.05) is 57.9 Å². The Hall–Kier alpha value is -2.64. The van der Waals surface area contributed by atoms with Gasteiger partial charge in [-0.05, 0) is 43.9 Å². The number of hydrogen-bond donors (Lipinski definition) is 2. The summed E-state index contributed by atoms with van der Waals surface area (Å²) in [6.07, 6.45) is 10.3. The molecular formula is C27H39ClN6O. The van der Waals surface area contributed by atoms with Gasteiger partial charge < -0.3 is 11.1 Å². The van der Waals surface area contributed by atoms with Gasteiger partial charge in [0.1, 0.15) is 0 Å². The second-order valence-corrected chi connectivity index (χ2v) is 10.0. The number of nitrogens with two attached hydrogens (primary N) is 1. The van der Waals surface area contributed by atoms with E-state index in [1.807, 2.05) is 12.1 Å². The summed E-state index contributed by atoms with van der Waals surface area (Å²) < 4.78 is 1.76. The number of nitrogens with zero attached hydrogens (tertiary/aromatic N) is 4. The summed E-state index contributed by atoms with van der Waals surface area (Å²) >= 11 is 6.59. The molecule has 2 fully saturated rings. The molecule has 1 saturated heterocycles. The van der Waals surface area contributed by atoms with Crippen LogP contribution >= 0.6 is 11.6 Å². The molecule has 1 aliphatic carbocycles. The summed E-state index contributed by atoms with van der Waals surface area (Å²) in [5, 5.41) is 4.46. The quantitative estimate of drug-likeness (QED) is 0.445. The first-order valence-electron chi connectivity index (χ1n) is 12.1. The van der Waals surface area contributed by atoms with Crippen LogP contribution in [0.25, 0.3) is 10.9 Å². The van der Waals surface area contributed by atoms with Crippen LogP contribution in [0.3, 0.4) is 0 Å². The first-order valence-corrected chi connectivity index (χ1v) is 12.5. The van der Waals surface area contributed by atoms with Gasteiger partial charge in [-0.2, -0.15) is 0 Å². The Labute approximate surface area is 214 Å². The van der Waals surface area contributed by atoms with Crippen LogP contribution in [0.1, 0.15) is 63.2 Å². The molecule has 2 heterocycles. The molecule has 3 N–H and O–H groups in total. The molecule has 0 bridgehead atoms. The van der Waals surface area contributed by atoms with E-state index in [0.717, 1.165) is 31.4 Å². The van der Waals surface area contributed by atoms with Crippen molar-refractivity contribution < 1.29 is 4.79 Å². The summed E-state index contributed by atoms with van der Waals surface area (Å²) in [6, 6.07) is 5.54. The Morgan fingerprint density at radius 3 is 2.71 bits per heavy atom. The van der Waals surface area contributed by atoms with Gasteiger partial charge in [0, 0.05) is 43.5 Å². The number of carbonyl (C=O) groups is 1. The average molecular weight is 499 g/mol. The second-order valence-electron chi connectivity index (χ2n) is 9.60. The molecule has 190 valence electrons. The molecule has 1 aliphatic heterocycles. The largest absolute Gasteiger partial charge is 0.381 e. The highest BCUT2D eigenvalue weighted by Gasteiger charge is 2.41. The number of nitrogens with one attached hydrogen (secondary N) is 1. The van der Waals surface area contributed by atoms with Crippen LogP contribution in [-0.4, -0.2) is 59.3 Å². The fraction of sp³-hybridized carbons (Fsp3) is 0.519. The highest BCUT2D eigenvalue weighted by atomic mass is 35.5. The van der Waals surface area contributed by atoms with Crippen molar-refractivity contribution in [2.45, 2.75) is 58.4 Å².